The Balaban J connectivity index is 1.38. The van der Waals surface area contributed by atoms with Crippen LogP contribution in [0.2, 0.25) is 0 Å². The Kier molecular flexibility index (Phi) is 5.20. The Morgan fingerprint density at radius 3 is 2.96 bits per heavy atom. The minimum Gasteiger partial charge on any atom is -0.465 e. The Morgan fingerprint density at radius 2 is 2.15 bits per heavy atom. The van der Waals surface area contributed by atoms with Crippen molar-refractivity contribution in [2.45, 2.75) is 77.0 Å². The van der Waals surface area contributed by atoms with E-state index in [-0.39, 0.29) is 11.4 Å². The Morgan fingerprint density at radius 1 is 1.23 bits per heavy atom. The molecule has 3 aliphatic rings. The molecule has 0 aromatic heterocycles. The Hall–Kier alpha value is -1.57. The van der Waals surface area contributed by atoms with E-state index in [9.17, 15) is 4.79 Å². The molecule has 1 spiro atoms. The van der Waals surface area contributed by atoms with Gasteiger partial charge in [0.1, 0.15) is 0 Å². The molecule has 3 atom stereocenters. The monoisotopic (exact) mass is 352 g/mol. The molecule has 2 aliphatic carbocycles. The molecule has 26 heavy (non-hydrogen) atoms. The van der Waals surface area contributed by atoms with Crippen molar-refractivity contribution in [1.29, 1.82) is 0 Å². The number of carbonyl (C=O) groups excluding carboxylic acids is 1. The number of hydrogen-bond donors (Lipinski definition) is 0. The largest absolute Gasteiger partial charge is 0.465 e. The number of fused-ring (bicyclic) bond motifs is 1. The van der Waals surface area contributed by atoms with Gasteiger partial charge in [-0.1, -0.05) is 37.3 Å². The van der Waals surface area contributed by atoms with Crippen LogP contribution in [-0.4, -0.2) is 12.6 Å². The van der Waals surface area contributed by atoms with Crippen LogP contribution in [0.25, 0.3) is 0 Å². The van der Waals surface area contributed by atoms with Crippen LogP contribution in [0.4, 0.5) is 0 Å². The zero-order valence-corrected chi connectivity index (χ0v) is 16.1. The van der Waals surface area contributed by atoms with Gasteiger partial charge in [-0.3, -0.25) is 4.79 Å². The maximum Gasteiger partial charge on any atom is 0.306 e. The van der Waals surface area contributed by atoms with Gasteiger partial charge in [-0.15, -0.1) is 0 Å². The second-order valence-corrected chi connectivity index (χ2v) is 8.87. The standard InChI is InChI=1S/C24H32O2/c1-2-3-4-5-6-18-7-8-20-14-21(10-9-19(20)13-18)22-11-12-24(15-22)16-23(25)26-17-24/h3-4,9-10,14,18,22H,2,5-8,11-13,15-17H2,1H3/b4-3+/t18-,22+,24+/m1/s1. The average molecular weight is 353 g/mol. The van der Waals surface area contributed by atoms with Crippen molar-refractivity contribution in [3.63, 3.8) is 0 Å². The highest BCUT2D eigenvalue weighted by Crippen LogP contribution is 2.51. The first-order chi connectivity index (χ1) is 12.7. The smallest absolute Gasteiger partial charge is 0.306 e. The lowest BCUT2D eigenvalue weighted by Gasteiger charge is -2.26. The van der Waals surface area contributed by atoms with Crippen LogP contribution in [0.3, 0.4) is 0 Å². The molecule has 1 aromatic carbocycles. The Labute approximate surface area is 158 Å². The van der Waals surface area contributed by atoms with E-state index in [1.54, 1.807) is 11.1 Å². The molecule has 0 N–H and O–H groups in total. The predicted molar refractivity (Wildman–Crippen MR) is 105 cm³/mol. The van der Waals surface area contributed by atoms with Gasteiger partial charge in [0.25, 0.3) is 0 Å². The van der Waals surface area contributed by atoms with Gasteiger partial charge in [-0.2, -0.15) is 0 Å². The molecule has 4 rings (SSSR count). The molecule has 1 heterocycles. The third kappa shape index (κ3) is 3.75. The van der Waals surface area contributed by atoms with Gasteiger partial charge in [0.05, 0.1) is 13.0 Å². The molecule has 0 bridgehead atoms. The van der Waals surface area contributed by atoms with Crippen molar-refractivity contribution in [3.8, 4) is 0 Å². The molecule has 0 unspecified atom stereocenters. The Bertz CT molecular complexity index is 689. The lowest BCUT2D eigenvalue weighted by Crippen LogP contribution is -2.17. The fraction of sp³-hybridized carbons (Fsp3) is 0.625. The molecular weight excluding hydrogens is 320 g/mol. The summed E-state index contributed by atoms with van der Waals surface area (Å²) < 4.78 is 5.28. The summed E-state index contributed by atoms with van der Waals surface area (Å²) in [4.78, 5) is 11.6. The summed E-state index contributed by atoms with van der Waals surface area (Å²) >= 11 is 0. The summed E-state index contributed by atoms with van der Waals surface area (Å²) in [5.74, 6) is 1.48. The highest BCUT2D eigenvalue weighted by Gasteiger charge is 2.46. The number of cyclic esters (lactones) is 1. The van der Waals surface area contributed by atoms with E-state index in [0.29, 0.717) is 18.9 Å². The number of esters is 1. The molecule has 1 saturated heterocycles. The van der Waals surface area contributed by atoms with E-state index >= 15 is 0 Å². The van der Waals surface area contributed by atoms with Gasteiger partial charge in [0.15, 0.2) is 0 Å². The number of hydrogen-bond acceptors (Lipinski definition) is 2. The molecule has 2 nitrogen and oxygen atoms in total. The minimum atomic E-state index is 0.0101. The number of rotatable bonds is 5. The van der Waals surface area contributed by atoms with Crippen LogP contribution in [-0.2, 0) is 22.4 Å². The van der Waals surface area contributed by atoms with Crippen LogP contribution in [0.5, 0.6) is 0 Å². The quantitative estimate of drug-likeness (QED) is 0.499. The average Bonchev–Trinajstić information content (AvgIpc) is 3.24. The number of ether oxygens (including phenoxy) is 1. The highest BCUT2D eigenvalue weighted by atomic mass is 16.5. The van der Waals surface area contributed by atoms with E-state index < -0.39 is 0 Å². The topological polar surface area (TPSA) is 26.3 Å². The second-order valence-electron chi connectivity index (χ2n) is 8.87. The summed E-state index contributed by atoms with van der Waals surface area (Å²) in [6.45, 7) is 2.86. The second kappa shape index (κ2) is 7.58. The molecular formula is C24H32O2. The lowest BCUT2D eigenvalue weighted by molar-refractivity contribution is -0.137. The highest BCUT2D eigenvalue weighted by molar-refractivity contribution is 5.72. The maximum absolute atomic E-state index is 11.6. The van der Waals surface area contributed by atoms with E-state index in [1.807, 2.05) is 0 Å². The zero-order valence-electron chi connectivity index (χ0n) is 16.1. The normalized spacial score (nSPS) is 30.9. The van der Waals surface area contributed by atoms with Gasteiger partial charge in [0.2, 0.25) is 0 Å². The molecule has 1 saturated carbocycles. The van der Waals surface area contributed by atoms with Crippen LogP contribution in [0, 0.1) is 11.3 Å². The summed E-state index contributed by atoms with van der Waals surface area (Å²) in [6, 6.07) is 7.27. The molecule has 0 radical (unpaired) electrons. The minimum absolute atomic E-state index is 0.0101. The number of carbonyl (C=O) groups is 1. The molecule has 1 aliphatic heterocycles. The van der Waals surface area contributed by atoms with Crippen molar-refractivity contribution >= 4 is 5.97 Å². The summed E-state index contributed by atoms with van der Waals surface area (Å²) in [7, 11) is 0. The van der Waals surface area contributed by atoms with Gasteiger partial charge in [-0.05, 0) is 86.3 Å². The lowest BCUT2D eigenvalue weighted by atomic mass is 9.79. The first-order valence-electron chi connectivity index (χ1n) is 10.6. The molecule has 0 amide bonds. The van der Waals surface area contributed by atoms with E-state index in [1.165, 1.54) is 44.1 Å². The van der Waals surface area contributed by atoms with Crippen LogP contribution in [0.15, 0.2) is 30.4 Å². The third-order valence-electron chi connectivity index (χ3n) is 6.94. The van der Waals surface area contributed by atoms with Gasteiger partial charge in [-0.25, -0.2) is 0 Å². The SMILES string of the molecule is CC/C=C/CC[C@@H]1CCc2cc([C@H]3CC[C@]4(COC(=O)C4)C3)ccc2C1. The molecule has 140 valence electrons. The molecule has 2 fully saturated rings. The third-order valence-corrected chi connectivity index (χ3v) is 6.94. The fourth-order valence-corrected chi connectivity index (χ4v) is 5.39. The predicted octanol–water partition coefficient (Wildman–Crippen LogP) is 5.74. The van der Waals surface area contributed by atoms with E-state index in [4.69, 9.17) is 4.74 Å². The van der Waals surface area contributed by atoms with Crippen LogP contribution in [0.1, 0.15) is 80.9 Å². The number of benzene rings is 1. The fourth-order valence-electron chi connectivity index (χ4n) is 5.39. The summed E-state index contributed by atoms with van der Waals surface area (Å²) in [6.07, 6.45) is 16.3. The molecule has 1 aromatic rings. The number of allylic oxidation sites excluding steroid dienone is 2. The van der Waals surface area contributed by atoms with E-state index in [2.05, 4.69) is 37.3 Å². The van der Waals surface area contributed by atoms with Gasteiger partial charge >= 0.3 is 5.97 Å². The summed E-state index contributed by atoms with van der Waals surface area (Å²) in [5.41, 5.74) is 4.82. The number of aryl methyl sites for hydroxylation is 1. The van der Waals surface area contributed by atoms with Crippen molar-refractivity contribution in [1.82, 2.24) is 0 Å². The van der Waals surface area contributed by atoms with E-state index in [0.717, 1.165) is 25.2 Å². The van der Waals surface area contributed by atoms with Crippen molar-refractivity contribution in [2.24, 2.45) is 11.3 Å². The van der Waals surface area contributed by atoms with Gasteiger partial charge < -0.3 is 4.74 Å². The first-order valence-corrected chi connectivity index (χ1v) is 10.6. The van der Waals surface area contributed by atoms with Crippen LogP contribution >= 0.6 is 0 Å². The van der Waals surface area contributed by atoms with Gasteiger partial charge in [0, 0.05) is 5.41 Å². The summed E-state index contributed by atoms with van der Waals surface area (Å²) in [5, 5.41) is 0. The zero-order chi connectivity index (χ0) is 18.0. The van der Waals surface area contributed by atoms with Crippen molar-refractivity contribution in [2.75, 3.05) is 6.61 Å². The van der Waals surface area contributed by atoms with Crippen LogP contribution < -0.4 is 0 Å². The molecule has 2 heteroatoms. The first kappa shape index (κ1) is 17.8. The van der Waals surface area contributed by atoms with Crippen molar-refractivity contribution < 1.29 is 9.53 Å². The van der Waals surface area contributed by atoms with Crippen molar-refractivity contribution in [3.05, 3.63) is 47.0 Å². The maximum atomic E-state index is 11.6.